The number of hydrogen-bond donors (Lipinski definition) is 2. The van der Waals surface area contributed by atoms with Crippen molar-refractivity contribution in [2.45, 2.75) is 26.7 Å². The molecule has 1 aliphatic rings. The van der Waals surface area contributed by atoms with Gasteiger partial charge in [-0.15, -0.1) is 0 Å². The molecule has 96 valence electrons. The molecule has 0 spiro atoms. The molecule has 0 fully saturated rings. The minimum absolute atomic E-state index is 0.0314. The molecule has 0 bridgehead atoms. The van der Waals surface area contributed by atoms with Crippen LogP contribution >= 0.6 is 0 Å². The van der Waals surface area contributed by atoms with Gasteiger partial charge < -0.3 is 11.1 Å². The van der Waals surface area contributed by atoms with Gasteiger partial charge >= 0.3 is 0 Å². The van der Waals surface area contributed by atoms with Crippen molar-refractivity contribution in [1.82, 2.24) is 0 Å². The summed E-state index contributed by atoms with van der Waals surface area (Å²) in [4.78, 5) is 23.5. The third-order valence-corrected chi connectivity index (χ3v) is 3.39. The topological polar surface area (TPSA) is 72.2 Å². The maximum absolute atomic E-state index is 12.3. The van der Waals surface area contributed by atoms with E-state index >= 15 is 0 Å². The lowest BCUT2D eigenvalue weighted by molar-refractivity contribution is -0.116. The van der Waals surface area contributed by atoms with Crippen molar-refractivity contribution in [1.29, 1.82) is 0 Å². The fourth-order valence-corrected chi connectivity index (χ4v) is 2.01. The molecule has 1 amide bonds. The molecule has 0 saturated carbocycles. The van der Waals surface area contributed by atoms with Gasteiger partial charge in [0.2, 0.25) is 5.91 Å². The molecule has 1 aliphatic heterocycles. The van der Waals surface area contributed by atoms with Crippen LogP contribution in [0.5, 0.6) is 0 Å². The summed E-state index contributed by atoms with van der Waals surface area (Å²) in [5, 5.41) is 2.80. The Labute approximate surface area is 107 Å². The van der Waals surface area contributed by atoms with Gasteiger partial charge in [0.15, 0.2) is 5.78 Å². The molecule has 0 aliphatic carbocycles. The molecule has 1 aromatic rings. The summed E-state index contributed by atoms with van der Waals surface area (Å²) in [5.74, 6) is 0.0774. The summed E-state index contributed by atoms with van der Waals surface area (Å²) in [7, 11) is 0. The van der Waals surface area contributed by atoms with Crippen LogP contribution in [0, 0.1) is 5.41 Å². The molecule has 1 heterocycles. The maximum atomic E-state index is 12.3. The first-order valence-corrected chi connectivity index (χ1v) is 6.12. The molecular formula is C14H18N2O2. The highest BCUT2D eigenvalue weighted by Gasteiger charge is 2.27. The Bertz CT molecular complexity index is 507. The van der Waals surface area contributed by atoms with E-state index in [0.29, 0.717) is 24.9 Å². The molecule has 2 rings (SSSR count). The Morgan fingerprint density at radius 2 is 2.11 bits per heavy atom. The monoisotopic (exact) mass is 246 g/mol. The normalized spacial score (nSPS) is 14.9. The van der Waals surface area contributed by atoms with Crippen LogP contribution in [0.25, 0.3) is 0 Å². The molecule has 0 atom stereocenters. The van der Waals surface area contributed by atoms with Crippen molar-refractivity contribution in [3.8, 4) is 0 Å². The number of hydrogen-bond acceptors (Lipinski definition) is 3. The number of nitrogens with one attached hydrogen (secondary N) is 1. The average molecular weight is 246 g/mol. The van der Waals surface area contributed by atoms with E-state index in [1.807, 2.05) is 19.9 Å². The zero-order chi connectivity index (χ0) is 13.3. The summed E-state index contributed by atoms with van der Waals surface area (Å²) >= 11 is 0. The van der Waals surface area contributed by atoms with E-state index in [-0.39, 0.29) is 11.7 Å². The number of anilines is 1. The maximum Gasteiger partial charge on any atom is 0.224 e. The minimum Gasteiger partial charge on any atom is -0.329 e. The van der Waals surface area contributed by atoms with Gasteiger partial charge in [0.05, 0.1) is 0 Å². The summed E-state index contributed by atoms with van der Waals surface area (Å²) < 4.78 is 0. The van der Waals surface area contributed by atoms with E-state index in [4.69, 9.17) is 5.73 Å². The van der Waals surface area contributed by atoms with E-state index < -0.39 is 5.41 Å². The Hall–Kier alpha value is -1.68. The van der Waals surface area contributed by atoms with E-state index in [1.165, 1.54) is 0 Å². The quantitative estimate of drug-likeness (QED) is 0.798. The number of aryl methyl sites for hydroxylation is 1. The number of benzene rings is 1. The highest BCUT2D eigenvalue weighted by molar-refractivity contribution is 6.01. The van der Waals surface area contributed by atoms with Crippen molar-refractivity contribution in [2.75, 3.05) is 11.9 Å². The van der Waals surface area contributed by atoms with Crippen LogP contribution in [0.15, 0.2) is 18.2 Å². The Kier molecular flexibility index (Phi) is 3.22. The highest BCUT2D eigenvalue weighted by atomic mass is 16.1. The highest BCUT2D eigenvalue weighted by Crippen LogP contribution is 2.27. The summed E-state index contributed by atoms with van der Waals surface area (Å²) in [6.45, 7) is 4.01. The second-order valence-electron chi connectivity index (χ2n) is 5.34. The molecule has 0 saturated heterocycles. The van der Waals surface area contributed by atoms with Gasteiger partial charge in [-0.25, -0.2) is 0 Å². The number of fused-ring (bicyclic) bond motifs is 1. The third-order valence-electron chi connectivity index (χ3n) is 3.39. The standard InChI is InChI=1S/C14H18N2O2/c1-14(2,8-15)13(18)10-3-5-11-9(7-10)4-6-12(17)16-11/h3,5,7H,4,6,8,15H2,1-2H3,(H,16,17). The predicted octanol–water partition coefficient (Wildman–Crippen LogP) is 1.74. The van der Waals surface area contributed by atoms with E-state index in [2.05, 4.69) is 5.32 Å². The second-order valence-corrected chi connectivity index (χ2v) is 5.34. The number of nitrogens with two attached hydrogens (primary N) is 1. The van der Waals surface area contributed by atoms with Crippen LogP contribution in [0.4, 0.5) is 5.69 Å². The molecule has 0 aromatic heterocycles. The van der Waals surface area contributed by atoms with Gasteiger partial charge in [0.1, 0.15) is 0 Å². The van der Waals surface area contributed by atoms with Gasteiger partial charge in [-0.1, -0.05) is 13.8 Å². The van der Waals surface area contributed by atoms with Gasteiger partial charge in [0, 0.05) is 29.6 Å². The lowest BCUT2D eigenvalue weighted by atomic mass is 9.83. The molecule has 18 heavy (non-hydrogen) atoms. The van der Waals surface area contributed by atoms with Crippen molar-refractivity contribution < 1.29 is 9.59 Å². The molecule has 0 radical (unpaired) electrons. The number of carbonyl (C=O) groups excluding carboxylic acids is 2. The Morgan fingerprint density at radius 3 is 2.78 bits per heavy atom. The van der Waals surface area contributed by atoms with Crippen LogP contribution in [0.3, 0.4) is 0 Å². The lowest BCUT2D eigenvalue weighted by Crippen LogP contribution is -2.33. The molecule has 1 aromatic carbocycles. The van der Waals surface area contributed by atoms with Crippen molar-refractivity contribution >= 4 is 17.4 Å². The second kappa shape index (κ2) is 4.53. The minimum atomic E-state index is -0.549. The SMILES string of the molecule is CC(C)(CN)C(=O)c1ccc2c(c1)CCC(=O)N2. The molecule has 3 N–H and O–H groups in total. The summed E-state index contributed by atoms with van der Waals surface area (Å²) in [6.07, 6.45) is 1.16. The number of Topliss-reactive ketones (excluding diaryl/α,β-unsaturated/α-hetero) is 1. The van der Waals surface area contributed by atoms with Crippen LogP contribution in [0.2, 0.25) is 0 Å². The lowest BCUT2D eigenvalue weighted by Gasteiger charge is -2.22. The van der Waals surface area contributed by atoms with Crippen molar-refractivity contribution in [3.05, 3.63) is 29.3 Å². The molecular weight excluding hydrogens is 228 g/mol. The molecule has 4 heteroatoms. The smallest absolute Gasteiger partial charge is 0.224 e. The zero-order valence-corrected chi connectivity index (χ0v) is 10.7. The Morgan fingerprint density at radius 1 is 1.39 bits per heavy atom. The van der Waals surface area contributed by atoms with Crippen LogP contribution in [-0.4, -0.2) is 18.2 Å². The van der Waals surface area contributed by atoms with Gasteiger partial charge in [-0.05, 0) is 30.2 Å². The zero-order valence-electron chi connectivity index (χ0n) is 10.7. The summed E-state index contributed by atoms with van der Waals surface area (Å²) in [6, 6.07) is 5.42. The van der Waals surface area contributed by atoms with E-state index in [1.54, 1.807) is 12.1 Å². The number of ketones is 1. The third kappa shape index (κ3) is 2.29. The first-order chi connectivity index (χ1) is 8.44. The first-order valence-electron chi connectivity index (χ1n) is 6.12. The van der Waals surface area contributed by atoms with Crippen molar-refractivity contribution in [2.24, 2.45) is 11.1 Å². The molecule has 0 unspecified atom stereocenters. The fraction of sp³-hybridized carbons (Fsp3) is 0.429. The van der Waals surface area contributed by atoms with Gasteiger partial charge in [-0.3, -0.25) is 9.59 Å². The number of amides is 1. The first kappa shape index (κ1) is 12.8. The molecule has 4 nitrogen and oxygen atoms in total. The van der Waals surface area contributed by atoms with E-state index in [0.717, 1.165) is 11.3 Å². The summed E-state index contributed by atoms with van der Waals surface area (Å²) in [5.41, 5.74) is 7.58. The largest absolute Gasteiger partial charge is 0.329 e. The average Bonchev–Trinajstić information content (AvgIpc) is 2.37. The Balaban J connectivity index is 2.32. The predicted molar refractivity (Wildman–Crippen MR) is 70.6 cm³/mol. The number of carbonyl (C=O) groups is 2. The van der Waals surface area contributed by atoms with Crippen LogP contribution in [-0.2, 0) is 11.2 Å². The van der Waals surface area contributed by atoms with Gasteiger partial charge in [-0.2, -0.15) is 0 Å². The van der Waals surface area contributed by atoms with Gasteiger partial charge in [0.25, 0.3) is 0 Å². The van der Waals surface area contributed by atoms with Crippen molar-refractivity contribution in [3.63, 3.8) is 0 Å². The fourth-order valence-electron chi connectivity index (χ4n) is 2.01. The van der Waals surface area contributed by atoms with Crippen LogP contribution in [0.1, 0.15) is 36.2 Å². The number of rotatable bonds is 3. The van der Waals surface area contributed by atoms with E-state index in [9.17, 15) is 9.59 Å². The van der Waals surface area contributed by atoms with Crippen LogP contribution < -0.4 is 11.1 Å².